The maximum atomic E-state index is 13.2. The van der Waals surface area contributed by atoms with Gasteiger partial charge in [-0.3, -0.25) is 4.21 Å². The largest absolute Gasteiger partial charge is 0.394 e. The van der Waals surface area contributed by atoms with Gasteiger partial charge in [0.15, 0.2) is 0 Å². The topological polar surface area (TPSA) is 78.3 Å². The zero-order valence-electron chi connectivity index (χ0n) is 20.7. The van der Waals surface area contributed by atoms with Gasteiger partial charge < -0.3 is 15.3 Å². The lowest BCUT2D eigenvalue weighted by atomic mass is 9.77. The minimum atomic E-state index is -9.69. The van der Waals surface area contributed by atoms with E-state index in [1.54, 1.807) is 0 Å². The van der Waals surface area contributed by atoms with Crippen molar-refractivity contribution in [3.63, 3.8) is 0 Å². The van der Waals surface area contributed by atoms with Crippen molar-refractivity contribution in [3.8, 4) is 0 Å². The van der Waals surface area contributed by atoms with E-state index in [9.17, 15) is 28.7 Å². The van der Waals surface area contributed by atoms with Crippen LogP contribution in [0.25, 0.3) is 0 Å². The molecule has 1 aromatic carbocycles. The van der Waals surface area contributed by atoms with E-state index in [-0.39, 0.29) is 12.5 Å². The third-order valence-corrected chi connectivity index (χ3v) is 10.9. The number of piperidine rings is 1. The van der Waals surface area contributed by atoms with Crippen LogP contribution in [0, 0.1) is 0 Å². The molecule has 6 nitrogen and oxygen atoms in total. The lowest BCUT2D eigenvalue weighted by Gasteiger charge is -2.42. The predicted molar refractivity (Wildman–Crippen MR) is 136 cm³/mol. The van der Waals surface area contributed by atoms with Crippen LogP contribution in [0.1, 0.15) is 63.1 Å². The number of hydrogen-bond acceptors (Lipinski definition) is 6. The maximum Gasteiger partial charge on any atom is 0.310 e. The quantitative estimate of drug-likeness (QED) is 0.401. The molecule has 0 radical (unpaired) electrons. The molecule has 1 saturated carbocycles. The van der Waals surface area contributed by atoms with Gasteiger partial charge >= 0.3 is 10.2 Å². The van der Waals surface area contributed by atoms with Crippen LogP contribution in [0.5, 0.6) is 0 Å². The van der Waals surface area contributed by atoms with Crippen molar-refractivity contribution in [1.82, 2.24) is 9.97 Å². The molecule has 206 valence electrons. The molecule has 1 aliphatic carbocycles. The molecular formula is C24H31F5N4O2S2. The van der Waals surface area contributed by atoms with E-state index in [0.717, 1.165) is 37.1 Å². The number of halogens is 5. The van der Waals surface area contributed by atoms with E-state index in [4.69, 9.17) is 9.97 Å². The molecule has 37 heavy (non-hydrogen) atoms. The van der Waals surface area contributed by atoms with E-state index in [2.05, 4.69) is 5.32 Å². The number of nitrogens with zero attached hydrogens (tertiary/aromatic N) is 3. The molecule has 3 aliphatic rings. The number of aliphatic hydroxyl groups is 1. The SMILES string of the molecule is CC1(C)Cc2nc(N3CCC(c4ccc(S(F)(F)(F)(F)F)cc4)CC3)nc(NC3(CO)CCC3)c2S1=O. The highest BCUT2D eigenvalue weighted by molar-refractivity contribution is 8.45. The molecule has 5 rings (SSSR count). The second-order valence-corrected chi connectivity index (χ2v) is 15.5. The van der Waals surface area contributed by atoms with Gasteiger partial charge in [-0.15, -0.1) is 0 Å². The van der Waals surface area contributed by atoms with Crippen LogP contribution < -0.4 is 10.2 Å². The summed E-state index contributed by atoms with van der Waals surface area (Å²) in [6, 6.07) is 3.24. The molecule has 0 spiro atoms. The Balaban J connectivity index is 1.36. The number of nitrogens with one attached hydrogen (secondary N) is 1. The van der Waals surface area contributed by atoms with Crippen molar-refractivity contribution < 1.29 is 28.7 Å². The van der Waals surface area contributed by atoms with Gasteiger partial charge in [0.1, 0.15) is 15.6 Å². The van der Waals surface area contributed by atoms with Crippen LogP contribution in [0.15, 0.2) is 34.1 Å². The summed E-state index contributed by atoms with van der Waals surface area (Å²) in [7, 11) is -11.0. The standard InChI is InChI=1S/C24H31F5N4O2S2/c1-23(2)14-19-20(36(23)35)21(32-24(15-34)10-3-11-24)31-22(30-19)33-12-8-17(9-13-33)16-4-6-18(7-5-16)37(25,26,27,28)29/h4-7,17,34H,3,8-15H2,1-2H3,(H,30,31,32). The van der Waals surface area contributed by atoms with Crippen molar-refractivity contribution in [2.45, 2.75) is 78.4 Å². The zero-order chi connectivity index (χ0) is 26.9. The highest BCUT2D eigenvalue weighted by atomic mass is 32.5. The first-order valence-electron chi connectivity index (χ1n) is 12.3. The van der Waals surface area contributed by atoms with Crippen LogP contribution in [0.2, 0.25) is 0 Å². The van der Waals surface area contributed by atoms with Gasteiger partial charge in [0.2, 0.25) is 5.95 Å². The summed E-state index contributed by atoms with van der Waals surface area (Å²) >= 11 is 0. The molecule has 2 N–H and O–H groups in total. The summed E-state index contributed by atoms with van der Waals surface area (Å²) < 4.78 is 78.0. The summed E-state index contributed by atoms with van der Waals surface area (Å²) in [5, 5.41) is 13.3. The molecule has 1 unspecified atom stereocenters. The highest BCUT2D eigenvalue weighted by Gasteiger charge is 2.65. The van der Waals surface area contributed by atoms with E-state index < -0.39 is 36.2 Å². The Bertz CT molecular complexity index is 1240. The Morgan fingerprint density at radius 1 is 1.08 bits per heavy atom. The summed E-state index contributed by atoms with van der Waals surface area (Å²) in [6.45, 7) is 4.86. The zero-order valence-corrected chi connectivity index (χ0v) is 22.3. The lowest BCUT2D eigenvalue weighted by Crippen LogP contribution is -2.49. The predicted octanol–water partition coefficient (Wildman–Crippen LogP) is 6.29. The molecule has 2 aromatic rings. The van der Waals surface area contributed by atoms with Crippen molar-refractivity contribution in [2.24, 2.45) is 0 Å². The fourth-order valence-electron chi connectivity index (χ4n) is 5.36. The fourth-order valence-corrected chi connectivity index (χ4v) is 7.43. The van der Waals surface area contributed by atoms with E-state index in [1.165, 1.54) is 0 Å². The van der Waals surface area contributed by atoms with Gasteiger partial charge in [0.25, 0.3) is 0 Å². The van der Waals surface area contributed by atoms with Crippen LogP contribution in [-0.2, 0) is 17.2 Å². The van der Waals surface area contributed by atoms with Crippen LogP contribution in [-0.4, -0.2) is 49.3 Å². The van der Waals surface area contributed by atoms with Crippen LogP contribution in [0.3, 0.4) is 0 Å². The second-order valence-electron chi connectivity index (χ2n) is 11.1. The highest BCUT2D eigenvalue weighted by Crippen LogP contribution is 3.02. The molecule has 2 fully saturated rings. The van der Waals surface area contributed by atoms with Crippen LogP contribution >= 0.6 is 10.2 Å². The number of benzene rings is 1. The van der Waals surface area contributed by atoms with Gasteiger partial charge in [0, 0.05) is 19.5 Å². The Kier molecular flexibility index (Phi) is 5.76. The number of aliphatic hydroxyl groups excluding tert-OH is 1. The lowest BCUT2D eigenvalue weighted by molar-refractivity contribution is 0.143. The normalized spacial score (nSPS) is 25.1. The number of aromatic nitrogens is 2. The summed E-state index contributed by atoms with van der Waals surface area (Å²) in [4.78, 5) is 10.2. The molecule has 1 atom stereocenters. The average molecular weight is 567 g/mol. The van der Waals surface area contributed by atoms with Crippen molar-refractivity contribution in [2.75, 3.05) is 29.9 Å². The Labute approximate surface area is 215 Å². The molecule has 13 heteroatoms. The third kappa shape index (κ3) is 5.06. The molecule has 3 heterocycles. The second kappa shape index (κ2) is 8.01. The van der Waals surface area contributed by atoms with E-state index in [0.29, 0.717) is 66.7 Å². The first-order chi connectivity index (χ1) is 17.0. The maximum absolute atomic E-state index is 13.2. The smallest absolute Gasteiger partial charge is 0.310 e. The minimum absolute atomic E-state index is 0.0522. The number of hydrogen-bond donors (Lipinski definition) is 2. The third-order valence-electron chi connectivity index (χ3n) is 7.78. The van der Waals surface area contributed by atoms with Gasteiger partial charge in [-0.25, -0.2) is 4.98 Å². The minimum Gasteiger partial charge on any atom is -0.394 e. The first-order valence-corrected chi connectivity index (χ1v) is 15.4. The molecule has 0 bridgehead atoms. The molecular weight excluding hydrogens is 535 g/mol. The van der Waals surface area contributed by atoms with Gasteiger partial charge in [-0.1, -0.05) is 31.6 Å². The monoisotopic (exact) mass is 566 g/mol. The Morgan fingerprint density at radius 3 is 2.22 bits per heavy atom. The van der Waals surface area contributed by atoms with Crippen molar-refractivity contribution >= 4 is 32.8 Å². The summed E-state index contributed by atoms with van der Waals surface area (Å²) in [5.41, 5.74) is 0.830. The number of anilines is 2. The van der Waals surface area contributed by atoms with Crippen molar-refractivity contribution in [3.05, 3.63) is 35.5 Å². The molecule has 1 saturated heterocycles. The van der Waals surface area contributed by atoms with Gasteiger partial charge in [0.05, 0.1) is 33.4 Å². The fraction of sp³-hybridized carbons (Fsp3) is 0.583. The van der Waals surface area contributed by atoms with Gasteiger partial charge in [-0.2, -0.15) is 4.98 Å². The molecule has 1 aromatic heterocycles. The average Bonchev–Trinajstić information content (AvgIpc) is 3.03. The summed E-state index contributed by atoms with van der Waals surface area (Å²) in [5.74, 6) is 0.902. The van der Waals surface area contributed by atoms with E-state index in [1.807, 2.05) is 18.7 Å². The van der Waals surface area contributed by atoms with Crippen molar-refractivity contribution in [1.29, 1.82) is 0 Å². The molecule has 0 amide bonds. The Morgan fingerprint density at radius 2 is 1.70 bits per heavy atom. The number of fused-ring (bicyclic) bond motifs is 1. The van der Waals surface area contributed by atoms with Crippen LogP contribution in [0.4, 0.5) is 31.2 Å². The van der Waals surface area contributed by atoms with E-state index >= 15 is 0 Å². The Hall–Kier alpha value is -1.99. The van der Waals surface area contributed by atoms with Gasteiger partial charge in [-0.05, 0) is 69.6 Å². The number of rotatable bonds is 6. The summed E-state index contributed by atoms with van der Waals surface area (Å²) in [6.07, 6.45) is 4.28. The molecule has 2 aliphatic heterocycles. The first kappa shape index (κ1) is 26.6.